The molecule has 1 aromatic heterocycles. The monoisotopic (exact) mass is 264 g/mol. The molecule has 1 aromatic carbocycles. The van der Waals surface area contributed by atoms with Gasteiger partial charge in [-0.15, -0.1) is 0 Å². The van der Waals surface area contributed by atoms with Crippen LogP contribution in [-0.2, 0) is 11.3 Å². The van der Waals surface area contributed by atoms with Crippen LogP contribution in [0.4, 0.5) is 4.39 Å². The molecule has 1 N–H and O–H groups in total. The number of carbonyl (C=O) groups is 1. The van der Waals surface area contributed by atoms with E-state index in [9.17, 15) is 9.18 Å². The average Bonchev–Trinajstić information content (AvgIpc) is 2.84. The van der Waals surface area contributed by atoms with Gasteiger partial charge in [0.15, 0.2) is 0 Å². The largest absolute Gasteiger partial charge is 0.478 e. The van der Waals surface area contributed by atoms with Crippen LogP contribution in [0.25, 0.3) is 11.1 Å². The Morgan fingerprint density at radius 1 is 1.47 bits per heavy atom. The lowest BCUT2D eigenvalue weighted by Crippen LogP contribution is -2.03. The number of aromatic nitrogens is 2. The van der Waals surface area contributed by atoms with Crippen molar-refractivity contribution in [3.05, 3.63) is 42.0 Å². The maximum Gasteiger partial charge on any atom is 0.338 e. The molecule has 5 nitrogen and oxygen atoms in total. The van der Waals surface area contributed by atoms with Crippen molar-refractivity contribution in [2.45, 2.75) is 6.54 Å². The molecule has 0 bridgehead atoms. The maximum atomic E-state index is 13.6. The zero-order chi connectivity index (χ0) is 13.8. The van der Waals surface area contributed by atoms with E-state index in [-0.39, 0.29) is 5.56 Å². The molecule has 1 heterocycles. The lowest BCUT2D eigenvalue weighted by molar-refractivity contribution is 0.0692. The number of hydrogen-bond donors (Lipinski definition) is 1. The van der Waals surface area contributed by atoms with Crippen LogP contribution >= 0.6 is 0 Å². The van der Waals surface area contributed by atoms with E-state index in [0.29, 0.717) is 18.7 Å². The molecule has 0 saturated heterocycles. The molecule has 0 spiro atoms. The second-order valence-electron chi connectivity index (χ2n) is 3.98. The molecular weight excluding hydrogens is 251 g/mol. The predicted octanol–water partition coefficient (Wildman–Crippen LogP) is 2.03. The molecule has 2 rings (SSSR count). The molecule has 0 radical (unpaired) electrons. The summed E-state index contributed by atoms with van der Waals surface area (Å²) in [6.07, 6.45) is 3.36. The molecule has 19 heavy (non-hydrogen) atoms. The summed E-state index contributed by atoms with van der Waals surface area (Å²) in [4.78, 5) is 10.7. The van der Waals surface area contributed by atoms with Gasteiger partial charge in [-0.1, -0.05) is 6.07 Å². The van der Waals surface area contributed by atoms with E-state index in [1.54, 1.807) is 30.3 Å². The lowest BCUT2D eigenvalue weighted by Gasteiger charge is -2.01. The third-order valence-electron chi connectivity index (χ3n) is 2.69. The van der Waals surface area contributed by atoms with Crippen LogP contribution in [0.3, 0.4) is 0 Å². The highest BCUT2D eigenvalue weighted by atomic mass is 19.1. The summed E-state index contributed by atoms with van der Waals surface area (Å²) in [7, 11) is 1.60. The number of nitrogens with zero attached hydrogens (tertiary/aromatic N) is 2. The van der Waals surface area contributed by atoms with Crippen LogP contribution in [0.15, 0.2) is 30.6 Å². The summed E-state index contributed by atoms with van der Waals surface area (Å²) in [5, 5.41) is 12.9. The minimum atomic E-state index is -1.28. The highest BCUT2D eigenvalue weighted by molar-refractivity contribution is 5.88. The molecule has 0 unspecified atom stereocenters. The van der Waals surface area contributed by atoms with Crippen LogP contribution in [0.1, 0.15) is 10.4 Å². The van der Waals surface area contributed by atoms with E-state index in [1.807, 2.05) is 0 Å². The average molecular weight is 264 g/mol. The van der Waals surface area contributed by atoms with Crippen LogP contribution in [-0.4, -0.2) is 34.6 Å². The van der Waals surface area contributed by atoms with Gasteiger partial charge < -0.3 is 9.84 Å². The Bertz CT molecular complexity index is 595. The Kier molecular flexibility index (Phi) is 3.91. The van der Waals surface area contributed by atoms with Crippen molar-refractivity contribution in [3.63, 3.8) is 0 Å². The van der Waals surface area contributed by atoms with E-state index in [2.05, 4.69) is 5.10 Å². The zero-order valence-corrected chi connectivity index (χ0v) is 10.3. The van der Waals surface area contributed by atoms with Gasteiger partial charge in [-0.3, -0.25) is 4.68 Å². The lowest BCUT2D eigenvalue weighted by atomic mass is 10.1. The Morgan fingerprint density at radius 2 is 2.26 bits per heavy atom. The van der Waals surface area contributed by atoms with Crippen LogP contribution in [0.5, 0.6) is 0 Å². The fourth-order valence-electron chi connectivity index (χ4n) is 1.69. The van der Waals surface area contributed by atoms with Crippen molar-refractivity contribution in [2.75, 3.05) is 13.7 Å². The number of carboxylic acid groups (broad SMARTS) is 1. The molecule has 0 saturated carbocycles. The van der Waals surface area contributed by atoms with Crippen molar-refractivity contribution in [2.24, 2.45) is 0 Å². The number of ether oxygens (including phenoxy) is 1. The molecule has 0 amide bonds. The summed E-state index contributed by atoms with van der Waals surface area (Å²) in [5.74, 6) is -2.03. The van der Waals surface area contributed by atoms with Gasteiger partial charge in [0.25, 0.3) is 0 Å². The van der Waals surface area contributed by atoms with Crippen molar-refractivity contribution >= 4 is 5.97 Å². The Labute approximate surface area is 109 Å². The Balaban J connectivity index is 2.24. The van der Waals surface area contributed by atoms with Gasteiger partial charge in [0, 0.05) is 18.9 Å². The molecule has 2 aromatic rings. The smallest absolute Gasteiger partial charge is 0.338 e. The maximum absolute atomic E-state index is 13.6. The molecule has 0 aliphatic carbocycles. The molecular formula is C13H13FN2O3. The summed E-state index contributed by atoms with van der Waals surface area (Å²) in [6.45, 7) is 1.14. The SMILES string of the molecule is COCCn1cc(-c2ccc(C(=O)O)c(F)c2)cn1. The van der Waals surface area contributed by atoms with E-state index in [0.717, 1.165) is 5.56 Å². The standard InChI is InChI=1S/C13H13FN2O3/c1-19-5-4-16-8-10(7-15-16)9-2-3-11(13(17)18)12(14)6-9/h2-3,6-8H,4-5H2,1H3,(H,17,18). The second-order valence-corrected chi connectivity index (χ2v) is 3.98. The van der Waals surface area contributed by atoms with E-state index >= 15 is 0 Å². The molecule has 0 atom stereocenters. The first-order valence-corrected chi connectivity index (χ1v) is 5.66. The minimum absolute atomic E-state index is 0.337. The molecule has 0 aliphatic heterocycles. The van der Waals surface area contributed by atoms with Gasteiger partial charge in [0.2, 0.25) is 0 Å². The van der Waals surface area contributed by atoms with E-state index in [1.165, 1.54) is 12.1 Å². The third kappa shape index (κ3) is 2.97. The topological polar surface area (TPSA) is 64.3 Å². The second kappa shape index (κ2) is 5.62. The molecule has 6 heteroatoms. The normalized spacial score (nSPS) is 10.6. The minimum Gasteiger partial charge on any atom is -0.478 e. The first-order chi connectivity index (χ1) is 9.11. The van der Waals surface area contributed by atoms with Gasteiger partial charge in [-0.05, 0) is 17.7 Å². The highest BCUT2D eigenvalue weighted by Crippen LogP contribution is 2.21. The Hall–Kier alpha value is -2.21. The van der Waals surface area contributed by atoms with Crippen molar-refractivity contribution in [1.82, 2.24) is 9.78 Å². The number of halogens is 1. The summed E-state index contributed by atoms with van der Waals surface area (Å²) in [5.41, 5.74) is 0.980. The fraction of sp³-hybridized carbons (Fsp3) is 0.231. The van der Waals surface area contributed by atoms with Crippen LogP contribution < -0.4 is 0 Å². The summed E-state index contributed by atoms with van der Waals surface area (Å²) >= 11 is 0. The van der Waals surface area contributed by atoms with Gasteiger partial charge in [-0.2, -0.15) is 5.10 Å². The van der Waals surface area contributed by atoms with Crippen molar-refractivity contribution in [3.8, 4) is 11.1 Å². The zero-order valence-electron chi connectivity index (χ0n) is 10.3. The van der Waals surface area contributed by atoms with Gasteiger partial charge >= 0.3 is 5.97 Å². The highest BCUT2D eigenvalue weighted by Gasteiger charge is 2.11. The number of hydrogen-bond acceptors (Lipinski definition) is 3. The first-order valence-electron chi connectivity index (χ1n) is 5.66. The predicted molar refractivity (Wildman–Crippen MR) is 66.5 cm³/mol. The molecule has 0 aliphatic rings. The summed E-state index contributed by atoms with van der Waals surface area (Å²) < 4.78 is 20.2. The molecule has 0 fully saturated rings. The van der Waals surface area contributed by atoms with Gasteiger partial charge in [-0.25, -0.2) is 9.18 Å². The number of benzene rings is 1. The third-order valence-corrected chi connectivity index (χ3v) is 2.69. The number of methoxy groups -OCH3 is 1. The van der Waals surface area contributed by atoms with Crippen LogP contribution in [0, 0.1) is 5.82 Å². The van der Waals surface area contributed by atoms with E-state index in [4.69, 9.17) is 9.84 Å². The van der Waals surface area contributed by atoms with Gasteiger partial charge in [0.1, 0.15) is 5.82 Å². The quantitative estimate of drug-likeness (QED) is 0.897. The number of carboxylic acids is 1. The fourth-order valence-corrected chi connectivity index (χ4v) is 1.69. The summed E-state index contributed by atoms with van der Waals surface area (Å²) in [6, 6.07) is 4.00. The number of aromatic carboxylic acids is 1. The van der Waals surface area contributed by atoms with E-state index < -0.39 is 11.8 Å². The van der Waals surface area contributed by atoms with Gasteiger partial charge in [0.05, 0.1) is 24.9 Å². The number of rotatable bonds is 5. The first kappa shape index (κ1) is 13.2. The van der Waals surface area contributed by atoms with Crippen LogP contribution in [0.2, 0.25) is 0 Å². The van der Waals surface area contributed by atoms with Crippen molar-refractivity contribution < 1.29 is 19.0 Å². The molecule has 100 valence electrons. The Morgan fingerprint density at radius 3 is 2.89 bits per heavy atom. The van der Waals surface area contributed by atoms with Crippen molar-refractivity contribution in [1.29, 1.82) is 0 Å².